The number of rotatable bonds is 2. The number of likely N-dealkylation sites (tertiary alicyclic amines) is 1. The Morgan fingerprint density at radius 2 is 2.16 bits per heavy atom. The van der Waals surface area contributed by atoms with E-state index in [2.05, 4.69) is 13.8 Å². The third-order valence-corrected chi connectivity index (χ3v) is 5.97. The number of nitrogens with zero attached hydrogens (tertiary/aromatic N) is 2. The molecule has 0 saturated carbocycles. The Labute approximate surface area is 147 Å². The molecule has 1 spiro atoms. The van der Waals surface area contributed by atoms with Gasteiger partial charge in [-0.15, -0.1) is 0 Å². The molecule has 3 atom stereocenters. The first-order valence-electron chi connectivity index (χ1n) is 8.92. The van der Waals surface area contributed by atoms with E-state index in [1.165, 1.54) is 6.07 Å². The van der Waals surface area contributed by atoms with Crippen molar-refractivity contribution in [1.82, 2.24) is 9.80 Å². The van der Waals surface area contributed by atoms with Crippen LogP contribution in [0.1, 0.15) is 42.6 Å². The van der Waals surface area contributed by atoms with Gasteiger partial charge >= 0.3 is 0 Å². The molecule has 2 amide bonds. The topological polar surface area (TPSA) is 70.1 Å². The second-order valence-corrected chi connectivity index (χ2v) is 7.70. The van der Waals surface area contributed by atoms with Gasteiger partial charge in [0.05, 0.1) is 25.1 Å². The second-order valence-electron chi connectivity index (χ2n) is 7.70. The van der Waals surface area contributed by atoms with Crippen LogP contribution >= 0.6 is 0 Å². The zero-order valence-corrected chi connectivity index (χ0v) is 14.9. The van der Waals surface area contributed by atoms with Crippen LogP contribution in [0.25, 0.3) is 0 Å². The number of phenolic OH excluding ortho intramolecular Hbond substituents is 1. The maximum absolute atomic E-state index is 13.0. The molecular weight excluding hydrogens is 320 g/mol. The van der Waals surface area contributed by atoms with E-state index in [4.69, 9.17) is 4.74 Å². The Morgan fingerprint density at radius 3 is 2.84 bits per heavy atom. The van der Waals surface area contributed by atoms with Gasteiger partial charge in [-0.25, -0.2) is 0 Å². The zero-order chi connectivity index (χ0) is 17.9. The lowest BCUT2D eigenvalue weighted by atomic mass is 10.0. The normalized spacial score (nSPS) is 31.0. The van der Waals surface area contributed by atoms with E-state index in [1.54, 1.807) is 24.0 Å². The van der Waals surface area contributed by atoms with Gasteiger partial charge in [0, 0.05) is 18.5 Å². The van der Waals surface area contributed by atoms with Crippen molar-refractivity contribution in [3.63, 3.8) is 0 Å². The number of phenols is 1. The van der Waals surface area contributed by atoms with Crippen LogP contribution in [-0.2, 0) is 9.53 Å². The van der Waals surface area contributed by atoms with E-state index in [9.17, 15) is 14.7 Å². The number of aryl methyl sites for hydroxylation is 1. The zero-order valence-electron chi connectivity index (χ0n) is 14.9. The summed E-state index contributed by atoms with van der Waals surface area (Å²) in [6.07, 6.45) is 0.961. The van der Waals surface area contributed by atoms with Crippen molar-refractivity contribution in [3.05, 3.63) is 29.3 Å². The predicted molar refractivity (Wildman–Crippen MR) is 91.1 cm³/mol. The molecule has 1 aromatic rings. The lowest BCUT2D eigenvalue weighted by Crippen LogP contribution is -2.51. The summed E-state index contributed by atoms with van der Waals surface area (Å²) in [5, 5.41) is 9.91. The van der Waals surface area contributed by atoms with Gasteiger partial charge < -0.3 is 19.6 Å². The van der Waals surface area contributed by atoms with E-state index in [-0.39, 0.29) is 29.6 Å². The fraction of sp³-hybridized carbons (Fsp3) is 0.579. The quantitative estimate of drug-likeness (QED) is 0.890. The summed E-state index contributed by atoms with van der Waals surface area (Å²) in [6, 6.07) is 4.80. The van der Waals surface area contributed by atoms with Crippen LogP contribution in [0.15, 0.2) is 18.2 Å². The molecule has 6 heteroatoms. The van der Waals surface area contributed by atoms with Crippen LogP contribution in [0.4, 0.5) is 0 Å². The standard InChI is InChI=1S/C19H24N2O4/c1-11(2)14-10-25-19-6-7-20(16(19)9-17(23)21(14)19)18(24)13-5-4-12(3)15(22)8-13/h4-5,8,11,14,16,22H,6-7,9-10H2,1-3H3/t14-,16+,19-/m0/s1. The van der Waals surface area contributed by atoms with Crippen molar-refractivity contribution in [2.24, 2.45) is 5.92 Å². The van der Waals surface area contributed by atoms with Crippen molar-refractivity contribution in [2.75, 3.05) is 13.2 Å². The number of hydrogen-bond acceptors (Lipinski definition) is 4. The van der Waals surface area contributed by atoms with Crippen molar-refractivity contribution in [1.29, 1.82) is 0 Å². The van der Waals surface area contributed by atoms with Crippen molar-refractivity contribution >= 4 is 11.8 Å². The highest BCUT2D eigenvalue weighted by Crippen LogP contribution is 2.49. The molecule has 3 saturated heterocycles. The van der Waals surface area contributed by atoms with Gasteiger partial charge in [0.1, 0.15) is 5.75 Å². The highest BCUT2D eigenvalue weighted by Gasteiger charge is 2.65. The maximum Gasteiger partial charge on any atom is 0.254 e. The van der Waals surface area contributed by atoms with Crippen LogP contribution in [0.3, 0.4) is 0 Å². The molecule has 0 radical (unpaired) electrons. The van der Waals surface area contributed by atoms with Crippen LogP contribution in [0.5, 0.6) is 5.75 Å². The third kappa shape index (κ3) is 2.20. The molecule has 3 aliphatic heterocycles. The smallest absolute Gasteiger partial charge is 0.254 e. The highest BCUT2D eigenvalue weighted by atomic mass is 16.5. The molecule has 134 valence electrons. The SMILES string of the molecule is Cc1ccc(C(=O)N2CC[C@@]34OC[C@@H](C(C)C)N3C(=O)C[C@@H]24)cc1O. The van der Waals surface area contributed by atoms with Crippen LogP contribution in [0.2, 0.25) is 0 Å². The largest absolute Gasteiger partial charge is 0.508 e. The molecule has 25 heavy (non-hydrogen) atoms. The molecule has 1 aromatic carbocycles. The van der Waals surface area contributed by atoms with Crippen molar-refractivity contribution in [2.45, 2.75) is 51.4 Å². The van der Waals surface area contributed by atoms with Gasteiger partial charge in [-0.3, -0.25) is 9.59 Å². The lowest BCUT2D eigenvalue weighted by Gasteiger charge is -2.34. The summed E-state index contributed by atoms with van der Waals surface area (Å²) in [5.41, 5.74) is 0.522. The summed E-state index contributed by atoms with van der Waals surface area (Å²) >= 11 is 0. The Balaban J connectivity index is 1.64. The molecule has 0 bridgehead atoms. The summed E-state index contributed by atoms with van der Waals surface area (Å²) < 4.78 is 6.15. The molecule has 3 fully saturated rings. The molecule has 3 heterocycles. The van der Waals surface area contributed by atoms with E-state index < -0.39 is 5.72 Å². The van der Waals surface area contributed by atoms with Crippen molar-refractivity contribution in [3.8, 4) is 5.75 Å². The van der Waals surface area contributed by atoms with Crippen LogP contribution < -0.4 is 0 Å². The Kier molecular flexibility index (Phi) is 3.58. The summed E-state index contributed by atoms with van der Waals surface area (Å²) in [5.74, 6) is 0.357. The second kappa shape index (κ2) is 5.46. The van der Waals surface area contributed by atoms with Gasteiger partial charge in [-0.2, -0.15) is 0 Å². The monoisotopic (exact) mass is 344 g/mol. The number of aromatic hydroxyl groups is 1. The molecule has 0 aliphatic carbocycles. The number of ether oxygens (including phenoxy) is 1. The van der Waals surface area contributed by atoms with Gasteiger partial charge in [-0.05, 0) is 30.5 Å². The average Bonchev–Trinajstić information content (AvgIpc) is 3.19. The minimum atomic E-state index is -0.658. The van der Waals surface area contributed by atoms with E-state index in [0.717, 1.165) is 5.56 Å². The van der Waals surface area contributed by atoms with Gasteiger partial charge in [0.15, 0.2) is 5.72 Å². The molecule has 0 aromatic heterocycles. The number of benzene rings is 1. The Bertz CT molecular complexity index is 747. The lowest BCUT2D eigenvalue weighted by molar-refractivity contribution is -0.139. The first-order valence-corrected chi connectivity index (χ1v) is 8.92. The highest BCUT2D eigenvalue weighted by molar-refractivity contribution is 5.96. The Hall–Kier alpha value is -2.08. The molecule has 4 rings (SSSR count). The van der Waals surface area contributed by atoms with Crippen molar-refractivity contribution < 1.29 is 19.4 Å². The first kappa shape index (κ1) is 16.4. The van der Waals surface area contributed by atoms with E-state index >= 15 is 0 Å². The van der Waals surface area contributed by atoms with Gasteiger partial charge in [0.2, 0.25) is 5.91 Å². The number of amides is 2. The maximum atomic E-state index is 13.0. The molecule has 3 aliphatic rings. The summed E-state index contributed by atoms with van der Waals surface area (Å²) in [6.45, 7) is 7.08. The van der Waals surface area contributed by atoms with Gasteiger partial charge in [-0.1, -0.05) is 19.9 Å². The Morgan fingerprint density at radius 1 is 1.40 bits per heavy atom. The number of carbonyl (C=O) groups is 2. The minimum Gasteiger partial charge on any atom is -0.508 e. The minimum absolute atomic E-state index is 0.0745. The predicted octanol–water partition coefficient (Wildman–Crippen LogP) is 1.90. The van der Waals surface area contributed by atoms with E-state index in [1.807, 2.05) is 4.90 Å². The summed E-state index contributed by atoms with van der Waals surface area (Å²) in [4.78, 5) is 29.3. The molecule has 6 nitrogen and oxygen atoms in total. The molecule has 1 N–H and O–H groups in total. The van der Waals surface area contributed by atoms with E-state index in [0.29, 0.717) is 37.5 Å². The van der Waals surface area contributed by atoms with Crippen LogP contribution in [-0.4, -0.2) is 57.7 Å². The van der Waals surface area contributed by atoms with Crippen LogP contribution in [0, 0.1) is 12.8 Å². The fourth-order valence-corrected chi connectivity index (χ4v) is 4.52. The van der Waals surface area contributed by atoms with Gasteiger partial charge in [0.25, 0.3) is 5.91 Å². The fourth-order valence-electron chi connectivity index (χ4n) is 4.52. The molecular formula is C19H24N2O4. The molecule has 0 unspecified atom stereocenters. The average molecular weight is 344 g/mol. The number of carbonyl (C=O) groups excluding carboxylic acids is 2. The number of hydrogen-bond donors (Lipinski definition) is 1. The summed E-state index contributed by atoms with van der Waals surface area (Å²) in [7, 11) is 0. The first-order chi connectivity index (χ1) is 11.8. The third-order valence-electron chi connectivity index (χ3n) is 5.97.